The smallest absolute Gasteiger partial charge is 0.253 e. The Bertz CT molecular complexity index is 648. The number of nitrogens with two attached hydrogens (primary N) is 1. The Labute approximate surface area is 128 Å². The van der Waals surface area contributed by atoms with Crippen molar-refractivity contribution in [3.8, 4) is 0 Å². The van der Waals surface area contributed by atoms with E-state index in [0.717, 1.165) is 6.42 Å². The van der Waals surface area contributed by atoms with E-state index in [4.69, 9.17) is 21.5 Å². The Morgan fingerprint density at radius 2 is 2.24 bits per heavy atom. The van der Waals surface area contributed by atoms with Gasteiger partial charge in [-0.25, -0.2) is 13.6 Å². The predicted molar refractivity (Wildman–Crippen MR) is 78.7 cm³/mol. The van der Waals surface area contributed by atoms with Gasteiger partial charge in [-0.15, -0.1) is 0 Å². The molecule has 8 heteroatoms. The van der Waals surface area contributed by atoms with Crippen LogP contribution in [0.25, 0.3) is 0 Å². The Morgan fingerprint density at radius 3 is 2.86 bits per heavy atom. The molecule has 1 unspecified atom stereocenters. The van der Waals surface area contributed by atoms with E-state index in [2.05, 4.69) is 0 Å². The topological polar surface area (TPSA) is 89.7 Å². The number of nitrogens with zero attached hydrogens (tertiary/aromatic N) is 1. The standard InChI is InChI=1S/C13H17ClN2O4S/c1-20-8-9-4-5-16(7-9)13(17)10-2-3-11(14)12(6-10)21(15,18)19/h2-3,6,9H,4-5,7-8H2,1H3,(H2,15,18,19). The molecule has 0 saturated carbocycles. The van der Waals surface area contributed by atoms with Gasteiger partial charge in [0.2, 0.25) is 10.0 Å². The van der Waals surface area contributed by atoms with Crippen LogP contribution in [0.4, 0.5) is 0 Å². The van der Waals surface area contributed by atoms with Crippen LogP contribution >= 0.6 is 11.6 Å². The Kier molecular flexibility index (Phi) is 4.88. The van der Waals surface area contributed by atoms with Gasteiger partial charge in [-0.1, -0.05) is 11.6 Å². The highest BCUT2D eigenvalue weighted by molar-refractivity contribution is 7.89. The van der Waals surface area contributed by atoms with Crippen LogP contribution in [0.1, 0.15) is 16.8 Å². The molecule has 1 aliphatic rings. The minimum Gasteiger partial charge on any atom is -0.384 e. The number of ether oxygens (including phenoxy) is 1. The molecule has 1 saturated heterocycles. The van der Waals surface area contributed by atoms with Crippen LogP contribution in [0.15, 0.2) is 23.1 Å². The molecule has 6 nitrogen and oxygen atoms in total. The third kappa shape index (κ3) is 3.74. The highest BCUT2D eigenvalue weighted by Gasteiger charge is 2.27. The van der Waals surface area contributed by atoms with E-state index in [9.17, 15) is 13.2 Å². The van der Waals surface area contributed by atoms with Crippen molar-refractivity contribution >= 4 is 27.5 Å². The van der Waals surface area contributed by atoms with Crippen LogP contribution in [-0.4, -0.2) is 46.0 Å². The van der Waals surface area contributed by atoms with E-state index in [-0.39, 0.29) is 21.4 Å². The van der Waals surface area contributed by atoms with E-state index >= 15 is 0 Å². The summed E-state index contributed by atoms with van der Waals surface area (Å²) >= 11 is 5.81. The van der Waals surface area contributed by atoms with Gasteiger partial charge in [-0.05, 0) is 24.6 Å². The number of halogens is 1. The summed E-state index contributed by atoms with van der Waals surface area (Å²) in [4.78, 5) is 13.8. The summed E-state index contributed by atoms with van der Waals surface area (Å²) in [6.07, 6.45) is 0.870. The molecule has 1 aromatic rings. The van der Waals surface area contributed by atoms with Gasteiger partial charge in [0, 0.05) is 31.7 Å². The van der Waals surface area contributed by atoms with Gasteiger partial charge in [-0.3, -0.25) is 4.79 Å². The van der Waals surface area contributed by atoms with E-state index in [1.807, 2.05) is 0 Å². The maximum Gasteiger partial charge on any atom is 0.253 e. The quantitative estimate of drug-likeness (QED) is 0.894. The van der Waals surface area contributed by atoms with Crippen molar-refractivity contribution < 1.29 is 17.9 Å². The summed E-state index contributed by atoms with van der Waals surface area (Å²) in [5, 5.41) is 5.10. The number of methoxy groups -OCH3 is 1. The first-order chi connectivity index (χ1) is 9.82. The number of hydrogen-bond acceptors (Lipinski definition) is 4. The minimum absolute atomic E-state index is 0.00716. The Hall–Kier alpha value is -1.15. The number of sulfonamides is 1. The summed E-state index contributed by atoms with van der Waals surface area (Å²) in [7, 11) is -2.33. The number of carbonyl (C=O) groups is 1. The average molecular weight is 333 g/mol. The van der Waals surface area contributed by atoms with Crippen molar-refractivity contribution in [3.63, 3.8) is 0 Å². The van der Waals surface area contributed by atoms with Crippen LogP contribution in [0.3, 0.4) is 0 Å². The highest BCUT2D eigenvalue weighted by atomic mass is 35.5. The largest absolute Gasteiger partial charge is 0.384 e. The fourth-order valence-corrected chi connectivity index (χ4v) is 3.50. The van der Waals surface area contributed by atoms with Crippen molar-refractivity contribution in [2.24, 2.45) is 11.1 Å². The first-order valence-electron chi connectivity index (χ1n) is 6.43. The van der Waals surface area contributed by atoms with Crippen LogP contribution in [0.2, 0.25) is 5.02 Å². The summed E-state index contributed by atoms with van der Waals surface area (Å²) < 4.78 is 28.0. The molecule has 2 N–H and O–H groups in total. The zero-order valence-corrected chi connectivity index (χ0v) is 13.2. The monoisotopic (exact) mass is 332 g/mol. The molecule has 0 radical (unpaired) electrons. The van der Waals surface area contributed by atoms with Gasteiger partial charge in [0.05, 0.1) is 11.6 Å². The van der Waals surface area contributed by atoms with Gasteiger partial charge < -0.3 is 9.64 Å². The summed E-state index contributed by atoms with van der Waals surface area (Å²) in [5.74, 6) is 0.0825. The predicted octanol–water partition coefficient (Wildman–Crippen LogP) is 1.10. The minimum atomic E-state index is -3.96. The second-order valence-corrected chi connectivity index (χ2v) is 6.99. The first kappa shape index (κ1) is 16.2. The molecule has 1 atom stereocenters. The molecule has 1 heterocycles. The lowest BCUT2D eigenvalue weighted by atomic mass is 10.1. The lowest BCUT2D eigenvalue weighted by Gasteiger charge is -2.17. The van der Waals surface area contributed by atoms with Gasteiger partial charge in [0.1, 0.15) is 4.90 Å². The van der Waals surface area contributed by atoms with Crippen LogP contribution < -0.4 is 5.14 Å². The second-order valence-electron chi connectivity index (χ2n) is 5.05. The maximum absolute atomic E-state index is 12.4. The van der Waals surface area contributed by atoms with Gasteiger partial charge >= 0.3 is 0 Å². The molecule has 21 heavy (non-hydrogen) atoms. The lowest BCUT2D eigenvalue weighted by Crippen LogP contribution is -2.29. The van der Waals surface area contributed by atoms with Crippen molar-refractivity contribution in [2.45, 2.75) is 11.3 Å². The fraction of sp³-hybridized carbons (Fsp3) is 0.462. The second kappa shape index (κ2) is 6.31. The van der Waals surface area contributed by atoms with Crippen molar-refractivity contribution in [1.82, 2.24) is 4.90 Å². The third-order valence-corrected chi connectivity index (χ3v) is 4.85. The number of carbonyl (C=O) groups excluding carboxylic acids is 1. The summed E-state index contributed by atoms with van der Waals surface area (Å²) in [6.45, 7) is 1.83. The molecule has 116 valence electrons. The molecule has 0 bridgehead atoms. The molecule has 0 spiro atoms. The number of benzene rings is 1. The molecule has 1 fully saturated rings. The van der Waals surface area contributed by atoms with Crippen molar-refractivity contribution in [1.29, 1.82) is 0 Å². The SMILES string of the molecule is COCC1CCN(C(=O)c2ccc(Cl)c(S(N)(=O)=O)c2)C1. The maximum atomic E-state index is 12.4. The highest BCUT2D eigenvalue weighted by Crippen LogP contribution is 2.24. The van der Waals surface area contributed by atoms with Crippen LogP contribution in [0, 0.1) is 5.92 Å². The number of likely N-dealkylation sites (tertiary alicyclic amines) is 1. The zero-order chi connectivity index (χ0) is 15.6. The molecule has 0 aromatic heterocycles. The number of amides is 1. The van der Waals surface area contributed by atoms with E-state index < -0.39 is 10.0 Å². The molecule has 1 aliphatic heterocycles. The zero-order valence-electron chi connectivity index (χ0n) is 11.6. The average Bonchev–Trinajstić information content (AvgIpc) is 2.86. The molecule has 1 aromatic carbocycles. The van der Waals surface area contributed by atoms with E-state index in [1.54, 1.807) is 12.0 Å². The molecular weight excluding hydrogens is 316 g/mol. The van der Waals surface area contributed by atoms with Crippen LogP contribution in [-0.2, 0) is 14.8 Å². The number of rotatable bonds is 4. The lowest BCUT2D eigenvalue weighted by molar-refractivity contribution is 0.0775. The number of hydrogen-bond donors (Lipinski definition) is 1. The Morgan fingerprint density at radius 1 is 1.52 bits per heavy atom. The van der Waals surface area contributed by atoms with Crippen LogP contribution in [0.5, 0.6) is 0 Å². The van der Waals surface area contributed by atoms with Gasteiger partial charge in [0.25, 0.3) is 5.91 Å². The number of primary sulfonamides is 1. The Balaban J connectivity index is 2.21. The van der Waals surface area contributed by atoms with E-state index in [1.165, 1.54) is 18.2 Å². The molecular formula is C13H17ClN2O4S. The van der Waals surface area contributed by atoms with Crippen molar-refractivity contribution in [3.05, 3.63) is 28.8 Å². The fourth-order valence-electron chi connectivity index (χ4n) is 2.43. The van der Waals surface area contributed by atoms with Crippen molar-refractivity contribution in [2.75, 3.05) is 26.8 Å². The van der Waals surface area contributed by atoms with E-state index in [0.29, 0.717) is 25.6 Å². The molecule has 2 rings (SSSR count). The van der Waals surface area contributed by atoms with Gasteiger partial charge in [0.15, 0.2) is 0 Å². The summed E-state index contributed by atoms with van der Waals surface area (Å²) in [6, 6.07) is 4.10. The third-order valence-electron chi connectivity index (χ3n) is 3.46. The van der Waals surface area contributed by atoms with Gasteiger partial charge in [-0.2, -0.15) is 0 Å². The summed E-state index contributed by atoms with van der Waals surface area (Å²) in [5.41, 5.74) is 0.265. The first-order valence-corrected chi connectivity index (χ1v) is 8.36. The molecule has 0 aliphatic carbocycles. The molecule has 1 amide bonds. The normalized spacial score (nSPS) is 19.0.